The van der Waals surface area contributed by atoms with E-state index in [2.05, 4.69) is 0 Å². The van der Waals surface area contributed by atoms with Crippen LogP contribution in [-0.4, -0.2) is 70.2 Å². The summed E-state index contributed by atoms with van der Waals surface area (Å²) in [6.45, 7) is -0.378. The van der Waals surface area contributed by atoms with Crippen LogP contribution < -0.4 is 0 Å². The van der Waals surface area contributed by atoms with Crippen molar-refractivity contribution in [2.24, 2.45) is 11.8 Å². The third-order valence-corrected chi connectivity index (χ3v) is 5.42. The van der Waals surface area contributed by atoms with Gasteiger partial charge in [0.15, 0.2) is 0 Å². The van der Waals surface area contributed by atoms with E-state index < -0.39 is 8.25 Å². The van der Waals surface area contributed by atoms with E-state index in [1.807, 2.05) is 0 Å². The Labute approximate surface area is 128 Å². The molecule has 0 fully saturated rings. The third-order valence-electron chi connectivity index (χ3n) is 2.26. The average Bonchev–Trinajstić information content (AvgIpc) is 2.47. The number of rotatable bonds is 14. The minimum absolute atomic E-state index is 0.0945. The topological polar surface area (TPSA) is 116 Å². The van der Waals surface area contributed by atoms with E-state index in [0.717, 1.165) is 0 Å². The molecule has 122 valence electrons. The maximum absolute atomic E-state index is 11.3. The summed E-state index contributed by atoms with van der Waals surface area (Å²) in [5.74, 6) is 0.994. The number of aliphatic hydroxyl groups excluding tert-OH is 4. The molecule has 7 nitrogen and oxygen atoms in total. The van der Waals surface area contributed by atoms with Crippen LogP contribution in [0.3, 0.4) is 0 Å². The van der Waals surface area contributed by atoms with E-state index in [1.165, 1.54) is 23.5 Å². The lowest BCUT2D eigenvalue weighted by Gasteiger charge is -2.11. The Morgan fingerprint density at radius 2 is 1.15 bits per heavy atom. The van der Waals surface area contributed by atoms with Crippen LogP contribution in [-0.2, 0) is 13.6 Å². The highest BCUT2D eigenvalue weighted by atomic mass is 32.2. The lowest BCUT2D eigenvalue weighted by molar-refractivity contribution is 0.164. The summed E-state index contributed by atoms with van der Waals surface area (Å²) >= 11 is 2.64. The Hall–Kier alpha value is 0.690. The summed E-state index contributed by atoms with van der Waals surface area (Å²) in [5, 5.41) is 35.3. The molecule has 0 amide bonds. The van der Waals surface area contributed by atoms with Crippen LogP contribution in [0.1, 0.15) is 0 Å². The number of aliphatic hydroxyl groups is 4. The van der Waals surface area contributed by atoms with Gasteiger partial charge in [0.2, 0.25) is 0 Å². The smallest absolute Gasteiger partial charge is 0.320 e. The van der Waals surface area contributed by atoms with E-state index in [4.69, 9.17) is 29.5 Å². The molecule has 0 saturated heterocycles. The minimum Gasteiger partial charge on any atom is -0.396 e. The monoisotopic (exact) mass is 350 g/mol. The van der Waals surface area contributed by atoms with Crippen molar-refractivity contribution in [3.63, 3.8) is 0 Å². The number of hydrogen-bond donors (Lipinski definition) is 4. The molecule has 0 heterocycles. The van der Waals surface area contributed by atoms with Gasteiger partial charge in [0.25, 0.3) is 0 Å². The zero-order valence-corrected chi connectivity index (χ0v) is 13.8. The van der Waals surface area contributed by atoms with Gasteiger partial charge in [-0.15, -0.1) is 23.5 Å². The van der Waals surface area contributed by atoms with Crippen LogP contribution >= 0.6 is 31.8 Å². The first-order valence-electron chi connectivity index (χ1n) is 6.06. The normalized spacial score (nSPS) is 11.9. The van der Waals surface area contributed by atoms with Crippen LogP contribution in [0.4, 0.5) is 0 Å². The van der Waals surface area contributed by atoms with Gasteiger partial charge in [-0.05, 0) is 0 Å². The molecular weight excluding hydrogens is 327 g/mol. The maximum atomic E-state index is 11.3. The van der Waals surface area contributed by atoms with E-state index in [-0.39, 0.29) is 50.1 Å². The maximum Gasteiger partial charge on any atom is 0.320 e. The van der Waals surface area contributed by atoms with Crippen molar-refractivity contribution in [1.82, 2.24) is 0 Å². The van der Waals surface area contributed by atoms with Gasteiger partial charge < -0.3 is 20.4 Å². The molecule has 0 radical (unpaired) electrons. The fraction of sp³-hybridized carbons (Fsp3) is 1.00. The second-order valence-corrected chi connectivity index (χ2v) is 7.01. The van der Waals surface area contributed by atoms with Crippen LogP contribution in [0.2, 0.25) is 0 Å². The molecular formula is C10H23O7PS2. The van der Waals surface area contributed by atoms with E-state index in [0.29, 0.717) is 11.5 Å². The Morgan fingerprint density at radius 3 is 1.45 bits per heavy atom. The quantitative estimate of drug-likeness (QED) is 0.195. The van der Waals surface area contributed by atoms with Crippen LogP contribution in [0, 0.1) is 11.8 Å². The highest BCUT2D eigenvalue weighted by molar-refractivity contribution is 7.99. The van der Waals surface area contributed by atoms with Crippen LogP contribution in [0.15, 0.2) is 0 Å². The average molecular weight is 350 g/mol. The largest absolute Gasteiger partial charge is 0.396 e. The Morgan fingerprint density at radius 1 is 0.800 bits per heavy atom. The molecule has 0 aliphatic heterocycles. The third kappa shape index (κ3) is 11.4. The van der Waals surface area contributed by atoms with Crippen LogP contribution in [0.25, 0.3) is 0 Å². The molecule has 0 aliphatic carbocycles. The molecule has 0 unspecified atom stereocenters. The van der Waals surface area contributed by atoms with Crippen molar-refractivity contribution in [1.29, 1.82) is 0 Å². The first kappa shape index (κ1) is 20.7. The van der Waals surface area contributed by atoms with E-state index >= 15 is 0 Å². The van der Waals surface area contributed by atoms with Crippen LogP contribution in [0.5, 0.6) is 0 Å². The molecule has 20 heavy (non-hydrogen) atoms. The predicted molar refractivity (Wildman–Crippen MR) is 81.1 cm³/mol. The first-order chi connectivity index (χ1) is 9.67. The fourth-order valence-corrected chi connectivity index (χ4v) is 3.78. The molecule has 0 aliphatic rings. The van der Waals surface area contributed by atoms with Crippen molar-refractivity contribution in [2.75, 3.05) is 49.8 Å². The van der Waals surface area contributed by atoms with Gasteiger partial charge in [0.05, 0.1) is 0 Å². The molecule has 10 heteroatoms. The Bertz CT molecular complexity index is 218. The summed E-state index contributed by atoms with van der Waals surface area (Å²) in [7, 11) is -2.55. The minimum atomic E-state index is -2.55. The summed E-state index contributed by atoms with van der Waals surface area (Å²) in [6.07, 6.45) is 0. The molecule has 4 N–H and O–H groups in total. The Balaban J connectivity index is 3.45. The molecule has 0 saturated carbocycles. The molecule has 0 atom stereocenters. The summed E-state index contributed by atoms with van der Waals surface area (Å²) < 4.78 is 21.2. The van der Waals surface area contributed by atoms with Gasteiger partial charge in [0, 0.05) is 49.8 Å². The van der Waals surface area contributed by atoms with Gasteiger partial charge in [-0.1, -0.05) is 0 Å². The second-order valence-electron chi connectivity index (χ2n) is 3.98. The highest BCUT2D eigenvalue weighted by Crippen LogP contribution is 2.28. The Kier molecular flexibility index (Phi) is 15.1. The lowest BCUT2D eigenvalue weighted by atomic mass is 10.2. The number of thioether (sulfide) groups is 2. The van der Waals surface area contributed by atoms with Crippen molar-refractivity contribution in [2.45, 2.75) is 0 Å². The molecule has 0 aromatic carbocycles. The first-order valence-corrected chi connectivity index (χ1v) is 9.59. The summed E-state index contributed by atoms with van der Waals surface area (Å²) in [4.78, 5) is 0. The van der Waals surface area contributed by atoms with Gasteiger partial charge in [0.1, 0.15) is 11.9 Å². The standard InChI is InChI=1S/C10H23O7PS2/c11-1-9(2-12)5-19-7-16-18(15)17-8-20-6-10(3-13)4-14/h9-14,18H,1-8H2. The van der Waals surface area contributed by atoms with Gasteiger partial charge in [-0.2, -0.15) is 0 Å². The van der Waals surface area contributed by atoms with E-state index in [9.17, 15) is 4.57 Å². The lowest BCUT2D eigenvalue weighted by Crippen LogP contribution is -2.14. The zero-order chi connectivity index (χ0) is 15.2. The highest BCUT2D eigenvalue weighted by Gasteiger charge is 2.08. The fourth-order valence-electron chi connectivity index (χ4n) is 0.977. The van der Waals surface area contributed by atoms with Crippen molar-refractivity contribution in [3.05, 3.63) is 0 Å². The van der Waals surface area contributed by atoms with Crippen molar-refractivity contribution >= 4 is 31.8 Å². The predicted octanol–water partition coefficient (Wildman–Crippen LogP) is -0.00770. The van der Waals surface area contributed by atoms with Gasteiger partial charge in [-0.25, -0.2) is 0 Å². The molecule has 0 rings (SSSR count). The van der Waals surface area contributed by atoms with Crippen molar-refractivity contribution in [3.8, 4) is 0 Å². The molecule has 0 aromatic rings. The summed E-state index contributed by atoms with van der Waals surface area (Å²) in [5.41, 5.74) is 0. The number of hydrogen-bond acceptors (Lipinski definition) is 9. The van der Waals surface area contributed by atoms with Gasteiger partial charge in [-0.3, -0.25) is 13.6 Å². The molecule has 0 aromatic heterocycles. The zero-order valence-electron chi connectivity index (χ0n) is 11.1. The SMILES string of the molecule is O=[PH](OCSCC(CO)CO)OCSCC(CO)CO. The van der Waals surface area contributed by atoms with E-state index in [1.54, 1.807) is 0 Å². The molecule has 0 bridgehead atoms. The molecule has 0 spiro atoms. The second kappa shape index (κ2) is 14.6. The summed E-state index contributed by atoms with van der Waals surface area (Å²) in [6, 6.07) is 0. The van der Waals surface area contributed by atoms with Crippen molar-refractivity contribution < 1.29 is 34.0 Å². The van der Waals surface area contributed by atoms with Gasteiger partial charge >= 0.3 is 8.25 Å².